The fourth-order valence-corrected chi connectivity index (χ4v) is 1.72. The molecule has 58 valence electrons. The first-order valence-corrected chi connectivity index (χ1v) is 4.01. The summed E-state index contributed by atoms with van der Waals surface area (Å²) in [4.78, 5) is 0. The Morgan fingerprint density at radius 1 is 1.55 bits per heavy atom. The van der Waals surface area contributed by atoms with Gasteiger partial charge in [-0.1, -0.05) is 23.8 Å². The summed E-state index contributed by atoms with van der Waals surface area (Å²) in [5, 5.41) is 8.90. The number of hydrogen-bond donors (Lipinski definition) is 1. The zero-order valence-electron chi connectivity index (χ0n) is 6.67. The molecule has 0 heterocycles. The lowest BCUT2D eigenvalue weighted by Crippen LogP contribution is -2.20. The van der Waals surface area contributed by atoms with Crippen LogP contribution in [-0.2, 0) is 6.42 Å². The smallest absolute Gasteiger partial charge is 0.0503 e. The molecule has 0 spiro atoms. The van der Waals surface area contributed by atoms with Crippen LogP contribution in [0, 0.1) is 6.92 Å². The quantitative estimate of drug-likeness (QED) is 0.641. The second kappa shape index (κ2) is 2.35. The fraction of sp³-hybridized carbons (Fsp3) is 0.400. The minimum atomic E-state index is 0.302. The van der Waals surface area contributed by atoms with E-state index in [1.807, 2.05) is 0 Å². The van der Waals surface area contributed by atoms with Crippen molar-refractivity contribution in [3.05, 3.63) is 34.9 Å². The Morgan fingerprint density at radius 3 is 3.00 bits per heavy atom. The van der Waals surface area contributed by atoms with Gasteiger partial charge in [0.1, 0.15) is 0 Å². The molecule has 1 N–H and O–H groups in total. The molecule has 2 rings (SSSR count). The molecule has 1 nitrogen and oxygen atoms in total. The number of fused-ring (bicyclic) bond motifs is 1. The van der Waals surface area contributed by atoms with E-state index in [4.69, 9.17) is 5.11 Å². The van der Waals surface area contributed by atoms with E-state index < -0.39 is 0 Å². The molecule has 0 aliphatic heterocycles. The number of rotatable bonds is 1. The van der Waals surface area contributed by atoms with E-state index in [1.165, 1.54) is 16.7 Å². The zero-order valence-corrected chi connectivity index (χ0v) is 6.67. The molecule has 0 radical (unpaired) electrons. The van der Waals surface area contributed by atoms with Crippen molar-refractivity contribution < 1.29 is 5.11 Å². The van der Waals surface area contributed by atoms with Crippen LogP contribution in [0.5, 0.6) is 0 Å². The molecule has 1 atom stereocenters. The van der Waals surface area contributed by atoms with Gasteiger partial charge in [0.05, 0.1) is 6.61 Å². The van der Waals surface area contributed by atoms with Crippen LogP contribution in [0.4, 0.5) is 0 Å². The number of aryl methyl sites for hydroxylation is 1. The van der Waals surface area contributed by atoms with Gasteiger partial charge in [0.15, 0.2) is 0 Å². The van der Waals surface area contributed by atoms with Crippen LogP contribution in [0.25, 0.3) is 0 Å². The van der Waals surface area contributed by atoms with E-state index in [9.17, 15) is 0 Å². The number of aliphatic hydroxyl groups is 1. The van der Waals surface area contributed by atoms with Crippen molar-refractivity contribution in [3.63, 3.8) is 0 Å². The summed E-state index contributed by atoms with van der Waals surface area (Å²) in [7, 11) is 0. The summed E-state index contributed by atoms with van der Waals surface area (Å²) in [6.45, 7) is 2.41. The van der Waals surface area contributed by atoms with E-state index in [0.717, 1.165) is 6.42 Å². The van der Waals surface area contributed by atoms with Crippen LogP contribution in [-0.4, -0.2) is 11.7 Å². The molecule has 0 saturated carbocycles. The van der Waals surface area contributed by atoms with Crippen LogP contribution in [0.2, 0.25) is 0 Å². The van der Waals surface area contributed by atoms with Crippen LogP contribution < -0.4 is 0 Å². The van der Waals surface area contributed by atoms with Gasteiger partial charge in [-0.05, 0) is 24.5 Å². The maximum Gasteiger partial charge on any atom is 0.0503 e. The van der Waals surface area contributed by atoms with E-state index in [-0.39, 0.29) is 0 Å². The molecule has 1 unspecified atom stereocenters. The first-order valence-electron chi connectivity index (χ1n) is 4.01. The third-order valence-corrected chi connectivity index (χ3v) is 2.43. The van der Waals surface area contributed by atoms with Crippen molar-refractivity contribution in [2.24, 2.45) is 0 Å². The van der Waals surface area contributed by atoms with Crippen molar-refractivity contribution >= 4 is 0 Å². The largest absolute Gasteiger partial charge is 0.396 e. The third-order valence-electron chi connectivity index (χ3n) is 2.43. The fourth-order valence-electron chi connectivity index (χ4n) is 1.72. The Kier molecular flexibility index (Phi) is 1.46. The summed E-state index contributed by atoms with van der Waals surface area (Å²) < 4.78 is 0. The van der Waals surface area contributed by atoms with Crippen molar-refractivity contribution in [2.75, 3.05) is 6.61 Å². The van der Waals surface area contributed by atoms with Gasteiger partial charge < -0.3 is 5.11 Å². The van der Waals surface area contributed by atoms with Crippen LogP contribution >= 0.6 is 0 Å². The van der Waals surface area contributed by atoms with Gasteiger partial charge >= 0.3 is 0 Å². The summed E-state index contributed by atoms with van der Waals surface area (Å²) in [6, 6.07) is 6.46. The minimum absolute atomic E-state index is 0.302. The van der Waals surface area contributed by atoms with Crippen LogP contribution in [0.3, 0.4) is 0 Å². The molecule has 0 amide bonds. The SMILES string of the molecule is Cc1ccc2c(c1)CC2CO. The molecule has 1 heteroatoms. The lowest BCUT2D eigenvalue weighted by molar-refractivity contribution is 0.253. The highest BCUT2D eigenvalue weighted by atomic mass is 16.3. The number of hydrogen-bond acceptors (Lipinski definition) is 1. The van der Waals surface area contributed by atoms with Crippen molar-refractivity contribution in [3.8, 4) is 0 Å². The van der Waals surface area contributed by atoms with E-state index in [2.05, 4.69) is 25.1 Å². The molecule has 1 aromatic carbocycles. The lowest BCUT2D eigenvalue weighted by Gasteiger charge is -2.28. The monoisotopic (exact) mass is 148 g/mol. The van der Waals surface area contributed by atoms with Gasteiger partial charge in [0.25, 0.3) is 0 Å². The Labute approximate surface area is 66.7 Å². The molecule has 1 aliphatic rings. The van der Waals surface area contributed by atoms with Gasteiger partial charge in [-0.15, -0.1) is 0 Å². The van der Waals surface area contributed by atoms with Gasteiger partial charge in [0, 0.05) is 5.92 Å². The highest BCUT2D eigenvalue weighted by Crippen LogP contribution is 2.34. The van der Waals surface area contributed by atoms with Gasteiger partial charge in [-0.25, -0.2) is 0 Å². The normalized spacial score (nSPS) is 20.7. The second-order valence-electron chi connectivity index (χ2n) is 3.29. The summed E-state index contributed by atoms with van der Waals surface area (Å²) >= 11 is 0. The van der Waals surface area contributed by atoms with Crippen molar-refractivity contribution in [1.29, 1.82) is 0 Å². The average molecular weight is 148 g/mol. The molecular formula is C10H12O. The lowest BCUT2D eigenvalue weighted by atomic mass is 9.77. The Balaban J connectivity index is 2.35. The van der Waals surface area contributed by atoms with E-state index >= 15 is 0 Å². The number of aliphatic hydroxyl groups excluding tert-OH is 1. The topological polar surface area (TPSA) is 20.2 Å². The van der Waals surface area contributed by atoms with E-state index in [0.29, 0.717) is 12.5 Å². The third kappa shape index (κ3) is 0.962. The molecule has 0 bridgehead atoms. The maximum atomic E-state index is 8.90. The Hall–Kier alpha value is -0.820. The number of benzene rings is 1. The Morgan fingerprint density at radius 2 is 2.36 bits per heavy atom. The molecule has 11 heavy (non-hydrogen) atoms. The predicted molar refractivity (Wildman–Crippen MR) is 44.7 cm³/mol. The van der Waals surface area contributed by atoms with Gasteiger partial charge in [0.2, 0.25) is 0 Å². The highest BCUT2D eigenvalue weighted by molar-refractivity contribution is 5.42. The minimum Gasteiger partial charge on any atom is -0.396 e. The Bertz CT molecular complexity index is 278. The average Bonchev–Trinajstić information content (AvgIpc) is 1.95. The van der Waals surface area contributed by atoms with Crippen LogP contribution in [0.15, 0.2) is 18.2 Å². The van der Waals surface area contributed by atoms with Crippen LogP contribution in [0.1, 0.15) is 22.6 Å². The maximum absolute atomic E-state index is 8.90. The zero-order chi connectivity index (χ0) is 7.84. The van der Waals surface area contributed by atoms with Crippen molar-refractivity contribution in [1.82, 2.24) is 0 Å². The summed E-state index contributed by atoms with van der Waals surface area (Å²) in [5.74, 6) is 0.422. The second-order valence-corrected chi connectivity index (χ2v) is 3.29. The standard InChI is InChI=1S/C10H12O/c1-7-2-3-10-8(4-7)5-9(10)6-11/h2-4,9,11H,5-6H2,1H3. The highest BCUT2D eigenvalue weighted by Gasteiger charge is 2.24. The molecular weight excluding hydrogens is 136 g/mol. The van der Waals surface area contributed by atoms with Crippen molar-refractivity contribution in [2.45, 2.75) is 19.3 Å². The van der Waals surface area contributed by atoms with Gasteiger partial charge in [-0.2, -0.15) is 0 Å². The molecule has 0 saturated heterocycles. The van der Waals surface area contributed by atoms with Gasteiger partial charge in [-0.3, -0.25) is 0 Å². The summed E-state index contributed by atoms with van der Waals surface area (Å²) in [6.07, 6.45) is 1.06. The predicted octanol–water partition coefficient (Wildman–Crippen LogP) is 1.63. The first-order chi connectivity index (χ1) is 5.31. The molecule has 0 fully saturated rings. The van der Waals surface area contributed by atoms with E-state index in [1.54, 1.807) is 0 Å². The molecule has 1 aromatic rings. The molecule has 0 aromatic heterocycles. The molecule has 1 aliphatic carbocycles. The first kappa shape index (κ1) is 6.86. The summed E-state index contributed by atoms with van der Waals surface area (Å²) in [5.41, 5.74) is 4.09.